The van der Waals surface area contributed by atoms with E-state index in [2.05, 4.69) is 26.1 Å². The Hall–Kier alpha value is -3.93. The number of imidazole rings is 1. The zero-order valence-electron chi connectivity index (χ0n) is 16.0. The molecule has 0 fully saturated rings. The first kappa shape index (κ1) is 21.8. The summed E-state index contributed by atoms with van der Waals surface area (Å²) in [5.41, 5.74) is 0.180. The van der Waals surface area contributed by atoms with Gasteiger partial charge < -0.3 is 19.5 Å². The molecule has 3 aromatic rings. The summed E-state index contributed by atoms with van der Waals surface area (Å²) in [6, 6.07) is 12.3. The van der Waals surface area contributed by atoms with Crippen LogP contribution in [0.25, 0.3) is 0 Å². The molecule has 1 heterocycles. The zero-order chi connectivity index (χ0) is 22.5. The summed E-state index contributed by atoms with van der Waals surface area (Å²) in [7, 11) is 0. The molecule has 0 spiro atoms. The van der Waals surface area contributed by atoms with Gasteiger partial charge in [-0.2, -0.15) is 0 Å². The third kappa shape index (κ3) is 5.17. The van der Waals surface area contributed by atoms with Gasteiger partial charge in [0, 0.05) is 23.0 Å². The van der Waals surface area contributed by atoms with Gasteiger partial charge in [-0.1, -0.05) is 45.4 Å². The summed E-state index contributed by atoms with van der Waals surface area (Å²) in [5, 5.41) is 26.0. The Morgan fingerprint density at radius 3 is 2.42 bits per heavy atom. The van der Waals surface area contributed by atoms with Crippen LogP contribution in [0.4, 0.5) is 11.5 Å². The minimum Gasteiger partial charge on any atom is -0.358 e. The fourth-order valence-electron chi connectivity index (χ4n) is 2.67. The molecule has 3 rings (SSSR count). The average Bonchev–Trinajstić information content (AvgIpc) is 3.12. The quantitative estimate of drug-likeness (QED) is 0.211. The summed E-state index contributed by atoms with van der Waals surface area (Å²) >= 11 is 3.33. The van der Waals surface area contributed by atoms with Gasteiger partial charge in [0.15, 0.2) is 0 Å². The van der Waals surface area contributed by atoms with Gasteiger partial charge in [-0.25, -0.2) is 4.79 Å². The van der Waals surface area contributed by atoms with Crippen LogP contribution in [-0.2, 0) is 11.4 Å². The highest BCUT2D eigenvalue weighted by Gasteiger charge is 2.22. The van der Waals surface area contributed by atoms with E-state index in [0.717, 1.165) is 4.47 Å². The van der Waals surface area contributed by atoms with Crippen molar-refractivity contribution in [3.8, 4) is 0 Å². The predicted molar refractivity (Wildman–Crippen MR) is 113 cm³/mol. The van der Waals surface area contributed by atoms with E-state index in [1.807, 2.05) is 0 Å². The molecule has 0 aliphatic heterocycles. The van der Waals surface area contributed by atoms with E-state index in [4.69, 9.17) is 4.84 Å². The molecule has 0 amide bonds. The first-order valence-corrected chi connectivity index (χ1v) is 9.51. The van der Waals surface area contributed by atoms with Crippen molar-refractivity contribution in [2.24, 2.45) is 5.16 Å². The molecule has 0 saturated heterocycles. The van der Waals surface area contributed by atoms with E-state index < -0.39 is 21.5 Å². The Labute approximate surface area is 183 Å². The molecule has 0 unspecified atom stereocenters. The number of carbonyl (C=O) groups is 1. The molecule has 0 aliphatic carbocycles. The standard InChI is InChI=1S/C19H14BrN5O6/c1-12-21-18(25(29)30)11-23(12)10-16(13-6-8-14(20)9-7-13)22-31-19(26)15-4-2-3-5-17(15)24(27)28/h2-9,11H,10H2,1H3/b22-16-. The predicted octanol–water partition coefficient (Wildman–Crippen LogP) is 4.03. The number of oxime groups is 1. The third-order valence-corrected chi connectivity index (χ3v) is 4.74. The van der Waals surface area contributed by atoms with Crippen LogP contribution in [-0.4, -0.2) is 31.1 Å². The molecule has 0 N–H and O–H groups in total. The van der Waals surface area contributed by atoms with Crippen LogP contribution in [0.3, 0.4) is 0 Å². The van der Waals surface area contributed by atoms with Crippen LogP contribution in [0.1, 0.15) is 21.7 Å². The van der Waals surface area contributed by atoms with E-state index in [9.17, 15) is 25.0 Å². The lowest BCUT2D eigenvalue weighted by Crippen LogP contribution is -2.14. The number of hydrogen-bond acceptors (Lipinski definition) is 8. The van der Waals surface area contributed by atoms with Crippen LogP contribution >= 0.6 is 15.9 Å². The zero-order valence-corrected chi connectivity index (χ0v) is 17.6. The summed E-state index contributed by atoms with van der Waals surface area (Å²) in [5.74, 6) is -0.971. The third-order valence-electron chi connectivity index (χ3n) is 4.21. The molecular formula is C19H14BrN5O6. The van der Waals surface area contributed by atoms with Crippen LogP contribution in [0.2, 0.25) is 0 Å². The second-order valence-electron chi connectivity index (χ2n) is 6.23. The van der Waals surface area contributed by atoms with E-state index >= 15 is 0 Å². The average molecular weight is 488 g/mol. The summed E-state index contributed by atoms with van der Waals surface area (Å²) in [6.45, 7) is 1.60. The molecule has 12 heteroatoms. The number of carbonyl (C=O) groups excluding carboxylic acids is 1. The molecule has 0 saturated carbocycles. The number of nitrogens with zero attached hydrogens (tertiary/aromatic N) is 5. The minimum atomic E-state index is -1.00. The maximum Gasteiger partial charge on any atom is 0.381 e. The SMILES string of the molecule is Cc1nc([N+](=O)[O-])cn1C/C(=N/OC(=O)c1ccccc1[N+](=O)[O-])c1ccc(Br)cc1. The first-order valence-electron chi connectivity index (χ1n) is 8.72. The largest absolute Gasteiger partial charge is 0.381 e. The maximum atomic E-state index is 12.4. The van der Waals surface area contributed by atoms with Gasteiger partial charge >= 0.3 is 11.8 Å². The van der Waals surface area contributed by atoms with Crippen LogP contribution in [0, 0.1) is 27.2 Å². The highest BCUT2D eigenvalue weighted by molar-refractivity contribution is 9.10. The molecule has 0 aliphatic rings. The Morgan fingerprint density at radius 2 is 1.81 bits per heavy atom. The number of aryl methyl sites for hydroxylation is 1. The van der Waals surface area contributed by atoms with E-state index in [1.165, 1.54) is 35.0 Å². The number of hydrogen-bond donors (Lipinski definition) is 0. The van der Waals surface area contributed by atoms with Crippen molar-refractivity contribution in [1.29, 1.82) is 0 Å². The van der Waals surface area contributed by atoms with E-state index in [1.54, 1.807) is 31.2 Å². The molecule has 0 bridgehead atoms. The van der Waals surface area contributed by atoms with Crippen molar-refractivity contribution < 1.29 is 19.5 Å². The van der Waals surface area contributed by atoms with Gasteiger partial charge in [0.1, 0.15) is 17.5 Å². The number of benzene rings is 2. The number of rotatable bonds is 7. The van der Waals surface area contributed by atoms with E-state index in [-0.39, 0.29) is 23.6 Å². The van der Waals surface area contributed by atoms with Crippen molar-refractivity contribution in [2.75, 3.05) is 0 Å². The molecule has 2 aromatic carbocycles. The number of para-hydroxylation sites is 1. The molecule has 158 valence electrons. The van der Waals surface area contributed by atoms with Crippen molar-refractivity contribution in [3.63, 3.8) is 0 Å². The minimum absolute atomic E-state index is 0.0124. The Morgan fingerprint density at radius 1 is 1.13 bits per heavy atom. The lowest BCUT2D eigenvalue weighted by molar-refractivity contribution is -0.389. The lowest BCUT2D eigenvalue weighted by Gasteiger charge is -2.08. The fourth-order valence-corrected chi connectivity index (χ4v) is 2.93. The van der Waals surface area contributed by atoms with Crippen molar-refractivity contribution in [2.45, 2.75) is 13.5 Å². The monoisotopic (exact) mass is 487 g/mol. The fraction of sp³-hybridized carbons (Fsp3) is 0.105. The molecule has 11 nitrogen and oxygen atoms in total. The molecule has 0 atom stereocenters. The number of halogens is 1. The second kappa shape index (κ2) is 9.26. The van der Waals surface area contributed by atoms with Crippen molar-refractivity contribution in [1.82, 2.24) is 9.55 Å². The molecule has 31 heavy (non-hydrogen) atoms. The summed E-state index contributed by atoms with van der Waals surface area (Å²) < 4.78 is 2.29. The Balaban J connectivity index is 1.94. The van der Waals surface area contributed by atoms with Crippen molar-refractivity contribution in [3.05, 3.63) is 96.4 Å². The van der Waals surface area contributed by atoms with Gasteiger partial charge in [-0.3, -0.25) is 10.1 Å². The Bertz CT molecular complexity index is 1190. The van der Waals surface area contributed by atoms with Gasteiger partial charge in [0.25, 0.3) is 5.69 Å². The highest BCUT2D eigenvalue weighted by Crippen LogP contribution is 2.20. The number of nitro groups is 2. The van der Waals surface area contributed by atoms with Gasteiger partial charge in [0.2, 0.25) is 5.82 Å². The Kier molecular flexibility index (Phi) is 6.50. The second-order valence-corrected chi connectivity index (χ2v) is 7.14. The normalized spacial score (nSPS) is 11.2. The highest BCUT2D eigenvalue weighted by atomic mass is 79.9. The van der Waals surface area contributed by atoms with Crippen molar-refractivity contribution >= 4 is 39.1 Å². The molecule has 1 aromatic heterocycles. The topological polar surface area (TPSA) is 143 Å². The van der Waals surface area contributed by atoms with Gasteiger partial charge in [-0.05, 0) is 28.1 Å². The van der Waals surface area contributed by atoms with Gasteiger partial charge in [0.05, 0.1) is 11.5 Å². The van der Waals surface area contributed by atoms with Crippen LogP contribution in [0.5, 0.6) is 0 Å². The number of nitro benzene ring substituents is 1. The summed E-state index contributed by atoms with van der Waals surface area (Å²) in [4.78, 5) is 42.1. The van der Waals surface area contributed by atoms with Crippen LogP contribution < -0.4 is 0 Å². The maximum absolute atomic E-state index is 12.4. The first-order chi connectivity index (χ1) is 14.8. The van der Waals surface area contributed by atoms with E-state index in [0.29, 0.717) is 11.4 Å². The summed E-state index contributed by atoms with van der Waals surface area (Å²) in [6.07, 6.45) is 1.24. The molecule has 0 radical (unpaired) electrons. The smallest absolute Gasteiger partial charge is 0.358 e. The molecular weight excluding hydrogens is 474 g/mol. The van der Waals surface area contributed by atoms with Crippen LogP contribution in [0.15, 0.2) is 64.4 Å². The van der Waals surface area contributed by atoms with Gasteiger partial charge in [-0.15, -0.1) is 0 Å². The number of aromatic nitrogens is 2. The lowest BCUT2D eigenvalue weighted by atomic mass is 10.1.